The second kappa shape index (κ2) is 9.44. The highest BCUT2D eigenvalue weighted by Gasteiger charge is 2.39. The Kier molecular flexibility index (Phi) is 6.35. The summed E-state index contributed by atoms with van der Waals surface area (Å²) >= 11 is 0. The van der Waals surface area contributed by atoms with Crippen LogP contribution in [0.4, 0.5) is 0 Å². The SMILES string of the molecule is C=C1CCC(N2Cc3c(OCc4ccc(S(=O)(=O)N5CCOCC5)cc4)cccc3C2=O)C(=O)N1. The van der Waals surface area contributed by atoms with Gasteiger partial charge in [-0.3, -0.25) is 9.59 Å². The predicted octanol–water partition coefficient (Wildman–Crippen LogP) is 2.03. The van der Waals surface area contributed by atoms with Crippen molar-refractivity contribution < 1.29 is 27.5 Å². The average molecular weight is 498 g/mol. The van der Waals surface area contributed by atoms with Gasteiger partial charge in [-0.1, -0.05) is 24.8 Å². The molecule has 2 amide bonds. The number of fused-ring (bicyclic) bond motifs is 1. The molecule has 3 heterocycles. The Bertz CT molecular complexity index is 1270. The third kappa shape index (κ3) is 4.56. The molecule has 2 aromatic rings. The van der Waals surface area contributed by atoms with Crippen LogP contribution >= 0.6 is 0 Å². The van der Waals surface area contributed by atoms with Crippen LogP contribution in [0.5, 0.6) is 5.75 Å². The minimum Gasteiger partial charge on any atom is -0.489 e. The van der Waals surface area contributed by atoms with E-state index in [1.807, 2.05) is 0 Å². The Morgan fingerprint density at radius 3 is 2.54 bits per heavy atom. The normalized spacial score (nSPS) is 21.1. The van der Waals surface area contributed by atoms with Crippen molar-refractivity contribution in [1.29, 1.82) is 0 Å². The van der Waals surface area contributed by atoms with Gasteiger partial charge in [0.05, 0.1) is 24.7 Å². The largest absolute Gasteiger partial charge is 0.489 e. The number of allylic oxidation sites excluding steroid dienone is 1. The molecule has 0 aliphatic carbocycles. The van der Waals surface area contributed by atoms with Crippen LogP contribution in [0.25, 0.3) is 0 Å². The summed E-state index contributed by atoms with van der Waals surface area (Å²) in [7, 11) is -3.55. The van der Waals surface area contributed by atoms with E-state index >= 15 is 0 Å². The fourth-order valence-corrected chi connectivity index (χ4v) is 6.04. The Labute approximate surface area is 204 Å². The first kappa shape index (κ1) is 23.5. The summed E-state index contributed by atoms with van der Waals surface area (Å²) in [5, 5.41) is 2.74. The molecule has 0 saturated carbocycles. The molecule has 5 rings (SSSR count). The van der Waals surface area contributed by atoms with Crippen molar-refractivity contribution in [1.82, 2.24) is 14.5 Å². The van der Waals surface area contributed by atoms with Crippen molar-refractivity contribution in [2.75, 3.05) is 26.3 Å². The zero-order valence-electron chi connectivity index (χ0n) is 19.2. The summed E-state index contributed by atoms with van der Waals surface area (Å²) in [4.78, 5) is 27.3. The van der Waals surface area contributed by atoms with E-state index < -0.39 is 16.1 Å². The lowest BCUT2D eigenvalue weighted by Gasteiger charge is -2.31. The molecule has 1 N–H and O–H groups in total. The maximum absolute atomic E-state index is 13.0. The van der Waals surface area contributed by atoms with E-state index in [2.05, 4.69) is 11.9 Å². The molecule has 1 atom stereocenters. The second-order valence-corrected chi connectivity index (χ2v) is 10.7. The van der Waals surface area contributed by atoms with E-state index in [4.69, 9.17) is 9.47 Å². The van der Waals surface area contributed by atoms with Crippen LogP contribution in [-0.2, 0) is 32.7 Å². The number of piperidine rings is 1. The van der Waals surface area contributed by atoms with Crippen LogP contribution in [-0.4, -0.2) is 61.8 Å². The first-order chi connectivity index (χ1) is 16.8. The Balaban J connectivity index is 1.27. The maximum atomic E-state index is 13.0. The van der Waals surface area contributed by atoms with E-state index in [0.29, 0.717) is 62.7 Å². The summed E-state index contributed by atoms with van der Waals surface area (Å²) in [6, 6.07) is 11.4. The lowest BCUT2D eigenvalue weighted by molar-refractivity contribution is -0.126. The highest BCUT2D eigenvalue weighted by molar-refractivity contribution is 7.89. The Hall–Kier alpha value is -3.21. The first-order valence-corrected chi connectivity index (χ1v) is 13.0. The van der Waals surface area contributed by atoms with Crippen molar-refractivity contribution in [2.45, 2.75) is 36.9 Å². The minimum atomic E-state index is -3.55. The number of hydrogen-bond donors (Lipinski definition) is 1. The number of amides is 2. The summed E-state index contributed by atoms with van der Waals surface area (Å²) < 4.78 is 38.3. The second-order valence-electron chi connectivity index (χ2n) is 8.81. The van der Waals surface area contributed by atoms with Crippen LogP contribution in [0.15, 0.2) is 59.6 Å². The highest BCUT2D eigenvalue weighted by atomic mass is 32.2. The summed E-state index contributed by atoms with van der Waals surface area (Å²) in [6.45, 7) is 5.79. The lowest BCUT2D eigenvalue weighted by Crippen LogP contribution is -2.49. The van der Waals surface area contributed by atoms with E-state index in [9.17, 15) is 18.0 Å². The van der Waals surface area contributed by atoms with Crippen molar-refractivity contribution in [3.05, 3.63) is 71.4 Å². The van der Waals surface area contributed by atoms with Gasteiger partial charge in [-0.15, -0.1) is 0 Å². The maximum Gasteiger partial charge on any atom is 0.255 e. The fourth-order valence-electron chi connectivity index (χ4n) is 4.63. The van der Waals surface area contributed by atoms with Crippen LogP contribution in [0.1, 0.15) is 34.3 Å². The van der Waals surface area contributed by atoms with Gasteiger partial charge in [0, 0.05) is 29.9 Å². The van der Waals surface area contributed by atoms with Gasteiger partial charge in [-0.25, -0.2) is 8.42 Å². The molecule has 9 nitrogen and oxygen atoms in total. The van der Waals surface area contributed by atoms with Crippen molar-refractivity contribution >= 4 is 21.8 Å². The van der Waals surface area contributed by atoms with Crippen molar-refractivity contribution in [2.24, 2.45) is 0 Å². The van der Waals surface area contributed by atoms with Crippen molar-refractivity contribution in [3.8, 4) is 5.75 Å². The number of carbonyl (C=O) groups is 2. The molecule has 0 spiro atoms. The number of hydrogen-bond acceptors (Lipinski definition) is 6. The number of nitrogens with zero attached hydrogens (tertiary/aromatic N) is 2. The topological polar surface area (TPSA) is 105 Å². The summed E-state index contributed by atoms with van der Waals surface area (Å²) in [6.07, 6.45) is 1.18. The highest BCUT2D eigenvalue weighted by Crippen LogP contribution is 2.34. The quantitative estimate of drug-likeness (QED) is 0.655. The molecule has 3 aliphatic heterocycles. The molecule has 10 heteroatoms. The monoisotopic (exact) mass is 497 g/mol. The zero-order chi connectivity index (χ0) is 24.6. The number of rotatable bonds is 6. The molecule has 35 heavy (non-hydrogen) atoms. The third-order valence-corrected chi connectivity index (χ3v) is 8.49. The van der Waals surface area contributed by atoms with Gasteiger partial charge in [0.25, 0.3) is 5.91 Å². The number of ether oxygens (including phenoxy) is 2. The predicted molar refractivity (Wildman–Crippen MR) is 127 cm³/mol. The van der Waals surface area contributed by atoms with Crippen LogP contribution < -0.4 is 10.1 Å². The molecule has 2 fully saturated rings. The molecule has 184 valence electrons. The van der Waals surface area contributed by atoms with Gasteiger partial charge in [0.2, 0.25) is 15.9 Å². The van der Waals surface area contributed by atoms with Gasteiger partial charge < -0.3 is 19.7 Å². The summed E-state index contributed by atoms with van der Waals surface area (Å²) in [5.41, 5.74) is 2.76. The van der Waals surface area contributed by atoms with E-state index in [1.54, 1.807) is 47.4 Å². The summed E-state index contributed by atoms with van der Waals surface area (Å²) in [5.74, 6) is 0.178. The number of sulfonamides is 1. The molecule has 0 aromatic heterocycles. The standard InChI is InChI=1S/C25H27N3O6S/c1-17-5-10-22(24(29)26-17)28-15-21-20(25(28)30)3-2-4-23(21)34-16-18-6-8-19(9-7-18)35(31,32)27-11-13-33-14-12-27/h2-4,6-9,22H,1,5,10-16H2,(H,26,29). The van der Waals surface area contributed by atoms with Crippen molar-refractivity contribution in [3.63, 3.8) is 0 Å². The fraction of sp³-hybridized carbons (Fsp3) is 0.360. The molecule has 1 unspecified atom stereocenters. The van der Waals surface area contributed by atoms with Crippen LogP contribution in [0, 0.1) is 0 Å². The van der Waals surface area contributed by atoms with Crippen LogP contribution in [0.3, 0.4) is 0 Å². The minimum absolute atomic E-state index is 0.184. The molecular weight excluding hydrogens is 470 g/mol. The molecular formula is C25H27N3O6S. The van der Waals surface area contributed by atoms with Gasteiger partial charge >= 0.3 is 0 Å². The molecule has 3 aliphatic rings. The lowest BCUT2D eigenvalue weighted by atomic mass is 10.0. The zero-order valence-corrected chi connectivity index (χ0v) is 20.1. The Morgan fingerprint density at radius 2 is 1.83 bits per heavy atom. The number of carbonyl (C=O) groups excluding carboxylic acids is 2. The molecule has 2 aromatic carbocycles. The smallest absolute Gasteiger partial charge is 0.255 e. The number of benzene rings is 2. The Morgan fingerprint density at radius 1 is 1.09 bits per heavy atom. The molecule has 2 saturated heterocycles. The third-order valence-electron chi connectivity index (χ3n) is 6.58. The van der Waals surface area contributed by atoms with Crippen LogP contribution in [0.2, 0.25) is 0 Å². The first-order valence-electron chi connectivity index (χ1n) is 11.6. The van der Waals surface area contributed by atoms with Gasteiger partial charge in [-0.2, -0.15) is 4.31 Å². The molecule has 0 bridgehead atoms. The van der Waals surface area contributed by atoms with E-state index in [1.165, 1.54) is 4.31 Å². The van der Waals surface area contributed by atoms with E-state index in [-0.39, 0.29) is 23.3 Å². The number of morpholine rings is 1. The average Bonchev–Trinajstić information content (AvgIpc) is 3.20. The molecule has 0 radical (unpaired) electrons. The number of nitrogens with one attached hydrogen (secondary N) is 1. The van der Waals surface area contributed by atoms with Gasteiger partial charge in [0.15, 0.2) is 0 Å². The van der Waals surface area contributed by atoms with Gasteiger partial charge in [0.1, 0.15) is 18.4 Å². The van der Waals surface area contributed by atoms with E-state index in [0.717, 1.165) is 11.1 Å². The van der Waals surface area contributed by atoms with Gasteiger partial charge in [-0.05, 0) is 42.7 Å².